The van der Waals surface area contributed by atoms with Gasteiger partial charge in [0.2, 0.25) is 0 Å². The number of ether oxygens (including phenoxy) is 1. The molecule has 1 amide bonds. The highest BCUT2D eigenvalue weighted by molar-refractivity contribution is 9.10. The Balaban J connectivity index is 0.00000180. The summed E-state index contributed by atoms with van der Waals surface area (Å²) in [4.78, 5) is 11.7. The van der Waals surface area contributed by atoms with Gasteiger partial charge in [0.05, 0.1) is 0 Å². The van der Waals surface area contributed by atoms with Crippen molar-refractivity contribution in [3.63, 3.8) is 0 Å². The maximum Gasteiger partial charge on any atom is 0.258 e. The first-order valence-corrected chi connectivity index (χ1v) is 6.92. The van der Waals surface area contributed by atoms with Crippen LogP contribution in [-0.4, -0.2) is 31.6 Å². The molecule has 0 atom stereocenters. The fourth-order valence-corrected chi connectivity index (χ4v) is 2.18. The summed E-state index contributed by atoms with van der Waals surface area (Å²) in [7, 11) is 0. The van der Waals surface area contributed by atoms with E-state index in [2.05, 4.69) is 26.6 Å². The van der Waals surface area contributed by atoms with E-state index in [-0.39, 0.29) is 31.0 Å². The highest BCUT2D eigenvalue weighted by Gasteiger charge is 2.15. The van der Waals surface area contributed by atoms with E-state index in [0.717, 1.165) is 30.4 Å². The minimum absolute atomic E-state index is 0. The first-order chi connectivity index (χ1) is 8.74. The standard InChI is InChI=1S/C13H17BrN2O2.ClH/c14-10-1-3-12(4-2-10)18-9-13(17)16-11-5-7-15-8-6-11;/h1-4,11,15H,5-9H2,(H,16,17);1H. The molecule has 1 fully saturated rings. The van der Waals surface area contributed by atoms with Crippen LogP contribution < -0.4 is 15.4 Å². The zero-order valence-corrected chi connectivity index (χ0v) is 12.9. The normalized spacial score (nSPS) is 15.4. The van der Waals surface area contributed by atoms with Gasteiger partial charge in [0.15, 0.2) is 6.61 Å². The van der Waals surface area contributed by atoms with E-state index >= 15 is 0 Å². The SMILES string of the molecule is Cl.O=C(COc1ccc(Br)cc1)NC1CCNCC1. The average molecular weight is 350 g/mol. The van der Waals surface area contributed by atoms with Crippen LogP contribution in [0.5, 0.6) is 5.75 Å². The summed E-state index contributed by atoms with van der Waals surface area (Å²) in [5.41, 5.74) is 0. The summed E-state index contributed by atoms with van der Waals surface area (Å²) in [5, 5.41) is 6.25. The van der Waals surface area contributed by atoms with Crippen molar-refractivity contribution in [3.05, 3.63) is 28.7 Å². The molecule has 0 unspecified atom stereocenters. The molecule has 6 heteroatoms. The lowest BCUT2D eigenvalue weighted by molar-refractivity contribution is -0.123. The Labute approximate surface area is 127 Å². The molecule has 1 saturated heterocycles. The molecule has 4 nitrogen and oxygen atoms in total. The van der Waals surface area contributed by atoms with Crippen molar-refractivity contribution in [2.75, 3.05) is 19.7 Å². The number of benzene rings is 1. The molecule has 0 aliphatic carbocycles. The molecular formula is C13H18BrClN2O2. The maximum absolute atomic E-state index is 11.7. The van der Waals surface area contributed by atoms with E-state index in [9.17, 15) is 4.79 Å². The van der Waals surface area contributed by atoms with Crippen molar-refractivity contribution >= 4 is 34.2 Å². The number of carbonyl (C=O) groups excluding carboxylic acids is 1. The van der Waals surface area contributed by atoms with Crippen LogP contribution in [0.3, 0.4) is 0 Å². The zero-order valence-electron chi connectivity index (χ0n) is 10.5. The van der Waals surface area contributed by atoms with Gasteiger partial charge in [0.25, 0.3) is 5.91 Å². The van der Waals surface area contributed by atoms with E-state index < -0.39 is 0 Å². The van der Waals surface area contributed by atoms with Crippen LogP contribution >= 0.6 is 28.3 Å². The third-order valence-corrected chi connectivity index (χ3v) is 3.42. The Hall–Kier alpha value is -0.780. The molecule has 1 aromatic carbocycles. The maximum atomic E-state index is 11.7. The minimum atomic E-state index is -0.0511. The van der Waals surface area contributed by atoms with Gasteiger partial charge in [-0.3, -0.25) is 4.79 Å². The van der Waals surface area contributed by atoms with E-state index in [1.165, 1.54) is 0 Å². The van der Waals surface area contributed by atoms with Crippen LogP contribution in [0.4, 0.5) is 0 Å². The first kappa shape index (κ1) is 16.3. The van der Waals surface area contributed by atoms with Crippen LogP contribution in [0, 0.1) is 0 Å². The lowest BCUT2D eigenvalue weighted by Crippen LogP contribution is -2.44. The molecule has 1 heterocycles. The molecular weight excluding hydrogens is 332 g/mol. The topological polar surface area (TPSA) is 50.4 Å². The number of nitrogens with one attached hydrogen (secondary N) is 2. The summed E-state index contributed by atoms with van der Waals surface area (Å²) in [5.74, 6) is 0.656. The molecule has 0 bridgehead atoms. The van der Waals surface area contributed by atoms with Gasteiger partial charge in [0, 0.05) is 10.5 Å². The molecule has 1 aliphatic rings. The molecule has 0 radical (unpaired) electrons. The summed E-state index contributed by atoms with van der Waals surface area (Å²) in [6.07, 6.45) is 1.98. The van der Waals surface area contributed by atoms with Crippen LogP contribution in [0.25, 0.3) is 0 Å². The molecule has 0 aromatic heterocycles. The highest BCUT2D eigenvalue weighted by atomic mass is 79.9. The quantitative estimate of drug-likeness (QED) is 0.875. The van der Waals surface area contributed by atoms with E-state index in [1.807, 2.05) is 24.3 Å². The summed E-state index contributed by atoms with van der Waals surface area (Å²) in [6, 6.07) is 7.73. The molecule has 0 saturated carbocycles. The second kappa shape index (κ2) is 8.40. The van der Waals surface area contributed by atoms with Crippen molar-refractivity contribution in [3.8, 4) is 5.75 Å². The summed E-state index contributed by atoms with van der Waals surface area (Å²) in [6.45, 7) is 2.02. The minimum Gasteiger partial charge on any atom is -0.484 e. The molecule has 106 valence electrons. The Morgan fingerprint density at radius 2 is 1.95 bits per heavy atom. The number of halogens is 2. The molecule has 2 rings (SSSR count). The van der Waals surface area contributed by atoms with E-state index in [4.69, 9.17) is 4.74 Å². The molecule has 1 aromatic rings. The van der Waals surface area contributed by atoms with Gasteiger partial charge in [-0.1, -0.05) is 15.9 Å². The van der Waals surface area contributed by atoms with Crippen molar-refractivity contribution in [1.29, 1.82) is 0 Å². The number of amides is 1. The van der Waals surface area contributed by atoms with E-state index in [0.29, 0.717) is 5.75 Å². The number of carbonyl (C=O) groups is 1. The van der Waals surface area contributed by atoms with Gasteiger partial charge < -0.3 is 15.4 Å². The van der Waals surface area contributed by atoms with Crippen molar-refractivity contribution in [1.82, 2.24) is 10.6 Å². The second-order valence-electron chi connectivity index (χ2n) is 4.33. The van der Waals surface area contributed by atoms with Gasteiger partial charge in [-0.15, -0.1) is 12.4 Å². The van der Waals surface area contributed by atoms with Crippen LogP contribution in [0.1, 0.15) is 12.8 Å². The lowest BCUT2D eigenvalue weighted by atomic mass is 10.1. The first-order valence-electron chi connectivity index (χ1n) is 6.12. The lowest BCUT2D eigenvalue weighted by Gasteiger charge is -2.23. The Kier molecular flexibility index (Phi) is 7.20. The number of hydrogen-bond acceptors (Lipinski definition) is 3. The molecule has 2 N–H and O–H groups in total. The number of rotatable bonds is 4. The molecule has 1 aliphatic heterocycles. The Morgan fingerprint density at radius 3 is 2.58 bits per heavy atom. The predicted molar refractivity (Wildman–Crippen MR) is 80.9 cm³/mol. The second-order valence-corrected chi connectivity index (χ2v) is 5.25. The Bertz CT molecular complexity index is 394. The summed E-state index contributed by atoms with van der Waals surface area (Å²) < 4.78 is 6.41. The van der Waals surface area contributed by atoms with Crippen molar-refractivity contribution in [2.45, 2.75) is 18.9 Å². The van der Waals surface area contributed by atoms with Gasteiger partial charge in [0.1, 0.15) is 5.75 Å². The highest BCUT2D eigenvalue weighted by Crippen LogP contribution is 2.15. The van der Waals surface area contributed by atoms with E-state index in [1.54, 1.807) is 0 Å². The fraction of sp³-hybridized carbons (Fsp3) is 0.462. The third kappa shape index (κ3) is 5.80. The third-order valence-electron chi connectivity index (χ3n) is 2.89. The van der Waals surface area contributed by atoms with Gasteiger partial charge in [-0.2, -0.15) is 0 Å². The van der Waals surface area contributed by atoms with Crippen molar-refractivity contribution in [2.24, 2.45) is 0 Å². The number of piperidine rings is 1. The molecule has 0 spiro atoms. The smallest absolute Gasteiger partial charge is 0.258 e. The van der Waals surface area contributed by atoms with Gasteiger partial charge in [-0.25, -0.2) is 0 Å². The van der Waals surface area contributed by atoms with Crippen LogP contribution in [-0.2, 0) is 4.79 Å². The van der Waals surface area contributed by atoms with Crippen molar-refractivity contribution < 1.29 is 9.53 Å². The predicted octanol–water partition coefficient (Wildman–Crippen LogP) is 2.12. The monoisotopic (exact) mass is 348 g/mol. The molecule has 19 heavy (non-hydrogen) atoms. The van der Waals surface area contributed by atoms with Gasteiger partial charge >= 0.3 is 0 Å². The van der Waals surface area contributed by atoms with Gasteiger partial charge in [-0.05, 0) is 50.2 Å². The number of hydrogen-bond donors (Lipinski definition) is 2. The zero-order chi connectivity index (χ0) is 12.8. The Morgan fingerprint density at radius 1 is 1.32 bits per heavy atom. The largest absolute Gasteiger partial charge is 0.484 e. The van der Waals surface area contributed by atoms with Crippen LogP contribution in [0.15, 0.2) is 28.7 Å². The average Bonchev–Trinajstić information content (AvgIpc) is 2.39. The fourth-order valence-electron chi connectivity index (χ4n) is 1.92. The van der Waals surface area contributed by atoms with Crippen LogP contribution in [0.2, 0.25) is 0 Å². The summed E-state index contributed by atoms with van der Waals surface area (Å²) >= 11 is 3.35.